The van der Waals surface area contributed by atoms with E-state index in [9.17, 15) is 0 Å². The van der Waals surface area contributed by atoms with Crippen LogP contribution in [0.5, 0.6) is 0 Å². The molecule has 1 atom stereocenters. The summed E-state index contributed by atoms with van der Waals surface area (Å²) >= 11 is 0. The number of allylic oxidation sites excluding steroid dienone is 1. The van der Waals surface area contributed by atoms with Gasteiger partial charge in [-0.25, -0.2) is 24.9 Å². The molecular formula is C46H30N6. The summed E-state index contributed by atoms with van der Waals surface area (Å²) in [4.78, 5) is 27.3. The fraction of sp³-hybridized carbons (Fsp3) is 0.0217. The Morgan fingerprint density at radius 1 is 0.404 bits per heavy atom. The van der Waals surface area contributed by atoms with Gasteiger partial charge in [-0.15, -0.1) is 0 Å². The van der Waals surface area contributed by atoms with Gasteiger partial charge in [-0.2, -0.15) is 0 Å². The Balaban J connectivity index is 1.03. The maximum absolute atomic E-state index is 5.04. The molecule has 8 aromatic rings. The Morgan fingerprint density at radius 3 is 1.46 bits per heavy atom. The Kier molecular flexibility index (Phi) is 7.10. The van der Waals surface area contributed by atoms with Crippen LogP contribution in [0.1, 0.15) is 22.9 Å². The first kappa shape index (κ1) is 29.8. The van der Waals surface area contributed by atoms with E-state index in [0.717, 1.165) is 55.6 Å². The van der Waals surface area contributed by atoms with Crippen LogP contribution < -0.4 is 0 Å². The zero-order valence-electron chi connectivity index (χ0n) is 28.0. The molecule has 6 nitrogen and oxygen atoms in total. The van der Waals surface area contributed by atoms with Gasteiger partial charge in [-0.1, -0.05) is 158 Å². The summed E-state index contributed by atoms with van der Waals surface area (Å²) in [6.07, 6.45) is 1.97. The molecule has 6 heteroatoms. The normalized spacial score (nSPS) is 15.0. The third kappa shape index (κ3) is 5.34. The monoisotopic (exact) mass is 666 g/mol. The van der Waals surface area contributed by atoms with E-state index in [2.05, 4.69) is 157 Å². The van der Waals surface area contributed by atoms with Gasteiger partial charge >= 0.3 is 0 Å². The van der Waals surface area contributed by atoms with Crippen molar-refractivity contribution < 1.29 is 0 Å². The van der Waals surface area contributed by atoms with E-state index in [-0.39, 0.29) is 6.17 Å². The van der Waals surface area contributed by atoms with Gasteiger partial charge in [0.15, 0.2) is 23.6 Å². The van der Waals surface area contributed by atoms with Gasteiger partial charge in [0, 0.05) is 22.3 Å². The second-order valence-electron chi connectivity index (χ2n) is 13.0. The molecule has 0 N–H and O–H groups in total. The second kappa shape index (κ2) is 12.4. The largest absolute Gasteiger partial charge is 0.283 e. The number of rotatable bonds is 6. The number of aliphatic imine (C=N–C) groups is 2. The lowest BCUT2D eigenvalue weighted by molar-refractivity contribution is 0.377. The Hall–Kier alpha value is -7.05. The molecule has 0 bridgehead atoms. The molecule has 52 heavy (non-hydrogen) atoms. The van der Waals surface area contributed by atoms with Crippen molar-refractivity contribution in [3.63, 3.8) is 0 Å². The summed E-state index contributed by atoms with van der Waals surface area (Å²) in [5.74, 6) is 2.60. The highest BCUT2D eigenvalue weighted by molar-refractivity contribution is 6.21. The smallest absolute Gasteiger partial charge is 0.230 e. The molecule has 0 amide bonds. The van der Waals surface area contributed by atoms with Crippen LogP contribution in [-0.4, -0.2) is 31.5 Å². The fourth-order valence-corrected chi connectivity index (χ4v) is 6.98. The van der Waals surface area contributed by atoms with E-state index < -0.39 is 0 Å². The minimum absolute atomic E-state index is 0.198. The lowest BCUT2D eigenvalue weighted by Crippen LogP contribution is -2.43. The first-order valence-corrected chi connectivity index (χ1v) is 17.4. The van der Waals surface area contributed by atoms with Crippen molar-refractivity contribution in [1.29, 1.82) is 0 Å². The highest BCUT2D eigenvalue weighted by atomic mass is 15.4. The fourth-order valence-electron chi connectivity index (χ4n) is 6.98. The number of hydrogen-bond donors (Lipinski definition) is 0. The molecule has 244 valence electrons. The molecule has 2 aliphatic rings. The quantitative estimate of drug-likeness (QED) is 0.177. The molecule has 1 unspecified atom stereocenters. The summed E-state index contributed by atoms with van der Waals surface area (Å²) in [7, 11) is 0. The molecule has 0 radical (unpaired) electrons. The zero-order chi connectivity index (χ0) is 34.4. The lowest BCUT2D eigenvalue weighted by atomic mass is 10.00. The molecule has 3 heterocycles. The number of fused-ring (bicyclic) bond motifs is 3. The van der Waals surface area contributed by atoms with Crippen LogP contribution in [0, 0.1) is 0 Å². The molecule has 10 rings (SSSR count). The maximum atomic E-state index is 5.04. The molecule has 0 saturated carbocycles. The summed E-state index contributed by atoms with van der Waals surface area (Å²) in [5, 5.41) is 4.63. The molecule has 2 aliphatic heterocycles. The summed E-state index contributed by atoms with van der Waals surface area (Å²) in [6, 6.07) is 58.5. The summed E-state index contributed by atoms with van der Waals surface area (Å²) in [5.41, 5.74) is 8.01. The van der Waals surface area contributed by atoms with E-state index in [1.807, 2.05) is 24.3 Å². The van der Waals surface area contributed by atoms with Gasteiger partial charge in [0.2, 0.25) is 5.96 Å². The molecule has 0 spiro atoms. The van der Waals surface area contributed by atoms with Crippen molar-refractivity contribution in [2.24, 2.45) is 9.98 Å². The van der Waals surface area contributed by atoms with Gasteiger partial charge in [-0.3, -0.25) is 4.90 Å². The van der Waals surface area contributed by atoms with Crippen molar-refractivity contribution in [3.8, 4) is 34.2 Å². The zero-order valence-corrected chi connectivity index (χ0v) is 28.0. The molecular weight excluding hydrogens is 637 g/mol. The number of benzene rings is 7. The van der Waals surface area contributed by atoms with Crippen molar-refractivity contribution in [2.45, 2.75) is 6.17 Å². The van der Waals surface area contributed by atoms with Gasteiger partial charge in [0.05, 0.1) is 11.4 Å². The van der Waals surface area contributed by atoms with E-state index in [1.54, 1.807) is 0 Å². The number of aromatic nitrogens is 3. The number of guanidine groups is 1. The van der Waals surface area contributed by atoms with E-state index in [1.165, 1.54) is 10.8 Å². The van der Waals surface area contributed by atoms with Crippen LogP contribution in [-0.2, 0) is 0 Å². The third-order valence-corrected chi connectivity index (χ3v) is 9.71. The van der Waals surface area contributed by atoms with E-state index in [4.69, 9.17) is 24.9 Å². The molecule has 0 aliphatic carbocycles. The topological polar surface area (TPSA) is 66.6 Å². The summed E-state index contributed by atoms with van der Waals surface area (Å²) < 4.78 is 0. The number of nitrogens with zero attached hydrogens (tertiary/aromatic N) is 6. The molecule has 7 aromatic carbocycles. The highest BCUT2D eigenvalue weighted by Gasteiger charge is 2.38. The van der Waals surface area contributed by atoms with Crippen molar-refractivity contribution in [3.05, 3.63) is 193 Å². The minimum atomic E-state index is -0.198. The van der Waals surface area contributed by atoms with Crippen LogP contribution >= 0.6 is 0 Å². The predicted molar refractivity (Wildman–Crippen MR) is 211 cm³/mol. The van der Waals surface area contributed by atoms with Crippen LogP contribution in [0.3, 0.4) is 0 Å². The Bertz CT molecular complexity index is 2640. The molecule has 1 aromatic heterocycles. The van der Waals surface area contributed by atoms with E-state index >= 15 is 0 Å². The van der Waals surface area contributed by atoms with Crippen LogP contribution in [0.4, 0.5) is 0 Å². The maximum Gasteiger partial charge on any atom is 0.230 e. The Morgan fingerprint density at radius 2 is 0.885 bits per heavy atom. The standard InChI is InChI=1S/C46H30N6/c1-3-13-32(14-4-1)40-29-41(33-15-5-2-6-16-33)52-45(51-46(52)47-40)35-23-21-34(22-24-35)42-48-43(38-25-19-30-11-7-9-17-36(30)27-38)50-44(49-42)39-26-20-31-12-8-10-18-37(31)28-39/h1-29,45H. The number of hydrogen-bond acceptors (Lipinski definition) is 6. The van der Waals surface area contributed by atoms with Gasteiger partial charge < -0.3 is 0 Å². The van der Waals surface area contributed by atoms with Crippen LogP contribution in [0.25, 0.3) is 61.4 Å². The van der Waals surface area contributed by atoms with Crippen molar-refractivity contribution in [2.75, 3.05) is 0 Å². The third-order valence-electron chi connectivity index (χ3n) is 9.71. The summed E-state index contributed by atoms with van der Waals surface area (Å²) in [6.45, 7) is 0. The second-order valence-corrected chi connectivity index (χ2v) is 13.0. The first-order valence-electron chi connectivity index (χ1n) is 17.4. The lowest BCUT2D eigenvalue weighted by Gasteiger charge is -2.41. The van der Waals surface area contributed by atoms with Crippen molar-refractivity contribution >= 4 is 38.9 Å². The minimum Gasteiger partial charge on any atom is -0.283 e. The predicted octanol–water partition coefficient (Wildman–Crippen LogP) is 10.4. The Labute approximate surface area is 300 Å². The van der Waals surface area contributed by atoms with Crippen LogP contribution in [0.15, 0.2) is 186 Å². The SMILES string of the molecule is C1=C(c2ccccc2)N2C(=NC2c2ccc(-c3nc(-c4ccc5ccccc5c4)nc(-c4ccc5ccccc5c4)n3)cc2)N=C1c1ccccc1. The molecule has 0 saturated heterocycles. The average Bonchev–Trinajstić information content (AvgIpc) is 3.21. The van der Waals surface area contributed by atoms with E-state index in [0.29, 0.717) is 23.4 Å². The van der Waals surface area contributed by atoms with Crippen molar-refractivity contribution in [1.82, 2.24) is 19.9 Å². The van der Waals surface area contributed by atoms with Gasteiger partial charge in [0.25, 0.3) is 0 Å². The van der Waals surface area contributed by atoms with Crippen LogP contribution in [0.2, 0.25) is 0 Å². The molecule has 0 fully saturated rings. The van der Waals surface area contributed by atoms with Gasteiger partial charge in [-0.05, 0) is 50.9 Å². The first-order chi connectivity index (χ1) is 25.7. The highest BCUT2D eigenvalue weighted by Crippen LogP contribution is 2.41. The average molecular weight is 667 g/mol. The van der Waals surface area contributed by atoms with Gasteiger partial charge in [0.1, 0.15) is 0 Å².